The van der Waals surface area contributed by atoms with Crippen molar-refractivity contribution >= 4 is 35.6 Å². The number of nitrogens with one attached hydrogen (secondary N) is 1. The number of hydrogen-bond donors (Lipinski definition) is 6. The second-order valence-electron chi connectivity index (χ2n) is 5.19. The molecule has 7 N–H and O–H groups in total. The van der Waals surface area contributed by atoms with E-state index in [9.17, 15) is 24.8 Å². The molecular formula is C10H13FN5O7PS. The molecule has 0 saturated carbocycles. The third kappa shape index (κ3) is 3.07. The lowest BCUT2D eigenvalue weighted by molar-refractivity contribution is -0.235. The molecule has 4 atom stereocenters. The molecule has 0 aliphatic carbocycles. The monoisotopic (exact) mass is 397 g/mol. The van der Waals surface area contributed by atoms with Gasteiger partial charge in [-0.25, -0.2) is 4.98 Å². The van der Waals surface area contributed by atoms with E-state index < -0.39 is 43.2 Å². The first kappa shape index (κ1) is 18.3. The van der Waals surface area contributed by atoms with E-state index in [-0.39, 0.29) is 17.1 Å². The molecule has 2 aromatic rings. The smallest absolute Gasteiger partial charge is 0.325 e. The van der Waals surface area contributed by atoms with E-state index in [0.29, 0.717) is 4.57 Å². The van der Waals surface area contributed by atoms with Crippen LogP contribution in [0.4, 0.5) is 10.3 Å². The van der Waals surface area contributed by atoms with Crippen LogP contribution in [0.15, 0.2) is 11.1 Å². The van der Waals surface area contributed by atoms with Crippen LogP contribution in [-0.4, -0.2) is 64.4 Å². The molecule has 0 amide bonds. The normalized spacial score (nSPS) is 30.2. The number of aromatic nitrogens is 4. The van der Waals surface area contributed by atoms with Crippen molar-refractivity contribution in [1.29, 1.82) is 0 Å². The Morgan fingerprint density at radius 1 is 1.60 bits per heavy atom. The summed E-state index contributed by atoms with van der Waals surface area (Å²) < 4.78 is 25.7. The number of aromatic amines is 1. The Hall–Kier alpha value is -1.51. The largest absolute Gasteiger partial charge is 0.394 e. The number of ether oxygens (including phenoxy) is 1. The maximum atomic E-state index is 15.4. The predicted molar refractivity (Wildman–Crippen MR) is 83.2 cm³/mol. The average molecular weight is 397 g/mol. The second kappa shape index (κ2) is 6.03. The lowest BCUT2D eigenvalue weighted by Crippen LogP contribution is -2.42. The molecule has 0 spiro atoms. The zero-order chi connectivity index (χ0) is 18.6. The average Bonchev–Trinajstić information content (AvgIpc) is 3.01. The maximum absolute atomic E-state index is 15.4. The van der Waals surface area contributed by atoms with E-state index in [0.717, 1.165) is 6.33 Å². The number of nitrogen functional groups attached to an aromatic ring is 1. The van der Waals surface area contributed by atoms with Crippen molar-refractivity contribution in [3.8, 4) is 0 Å². The van der Waals surface area contributed by atoms with Crippen LogP contribution < -0.4 is 11.3 Å². The summed E-state index contributed by atoms with van der Waals surface area (Å²) >= 11 is 4.30. The minimum Gasteiger partial charge on any atom is -0.394 e. The van der Waals surface area contributed by atoms with Crippen molar-refractivity contribution in [2.24, 2.45) is 0 Å². The number of alkyl halides is 1. The molecule has 138 valence electrons. The molecule has 2 aromatic heterocycles. The molecule has 0 bridgehead atoms. The third-order valence-corrected chi connectivity index (χ3v) is 4.33. The molecule has 3 rings (SSSR count). The quantitative estimate of drug-likeness (QED) is 0.302. The highest BCUT2D eigenvalue weighted by Crippen LogP contribution is 2.47. The van der Waals surface area contributed by atoms with Crippen LogP contribution in [0.25, 0.3) is 11.2 Å². The number of aliphatic hydroxyl groups is 2. The van der Waals surface area contributed by atoms with Crippen LogP contribution in [0.5, 0.6) is 0 Å². The number of anilines is 1. The summed E-state index contributed by atoms with van der Waals surface area (Å²) in [5.41, 5.74) is 4.06. The van der Waals surface area contributed by atoms with Crippen LogP contribution in [0.1, 0.15) is 0 Å². The summed E-state index contributed by atoms with van der Waals surface area (Å²) in [5.74, 6) is -3.42. The first-order valence-electron chi connectivity index (χ1n) is 6.69. The molecule has 0 unspecified atom stereocenters. The van der Waals surface area contributed by atoms with Gasteiger partial charge in [-0.05, 0) is 11.8 Å². The van der Waals surface area contributed by atoms with Crippen molar-refractivity contribution < 1.29 is 33.7 Å². The van der Waals surface area contributed by atoms with Gasteiger partial charge in [-0.1, -0.05) is 0 Å². The van der Waals surface area contributed by atoms with Gasteiger partial charge in [-0.3, -0.25) is 18.9 Å². The first-order chi connectivity index (χ1) is 11.6. The Bertz CT molecular complexity index is 917. The Balaban J connectivity index is 2.10. The van der Waals surface area contributed by atoms with Gasteiger partial charge in [0.15, 0.2) is 17.3 Å². The number of rotatable bonds is 4. The van der Waals surface area contributed by atoms with Gasteiger partial charge in [0.05, 0.1) is 6.61 Å². The Labute approximate surface area is 142 Å². The number of fused-ring (bicyclic) bond motifs is 1. The van der Waals surface area contributed by atoms with Crippen molar-refractivity contribution in [3.05, 3.63) is 16.7 Å². The van der Waals surface area contributed by atoms with Crippen LogP contribution >= 0.6 is 6.72 Å². The molecule has 25 heavy (non-hydrogen) atoms. The van der Waals surface area contributed by atoms with Gasteiger partial charge in [-0.15, -0.1) is 0 Å². The van der Waals surface area contributed by atoms with Crippen LogP contribution in [0, 0.1) is 0 Å². The predicted octanol–water partition coefficient (Wildman–Crippen LogP) is -2.37. The molecule has 0 radical (unpaired) electrons. The van der Waals surface area contributed by atoms with E-state index in [1.54, 1.807) is 0 Å². The van der Waals surface area contributed by atoms with Crippen molar-refractivity contribution in [2.75, 3.05) is 12.3 Å². The fourth-order valence-corrected chi connectivity index (χ4v) is 3.40. The number of halogens is 1. The number of H-pyrrole nitrogens is 1. The van der Waals surface area contributed by atoms with Gasteiger partial charge in [0.2, 0.25) is 5.95 Å². The number of nitrogens with zero attached hydrogens (tertiary/aromatic N) is 3. The maximum Gasteiger partial charge on any atom is 0.325 e. The lowest BCUT2D eigenvalue weighted by atomic mass is 10.1. The van der Waals surface area contributed by atoms with Crippen LogP contribution in [0.3, 0.4) is 0 Å². The molecule has 1 saturated heterocycles. The van der Waals surface area contributed by atoms with E-state index in [1.165, 1.54) is 0 Å². The fourth-order valence-electron chi connectivity index (χ4n) is 2.53. The highest BCUT2D eigenvalue weighted by Gasteiger charge is 2.59. The first-order valence-corrected chi connectivity index (χ1v) is 9.32. The third-order valence-electron chi connectivity index (χ3n) is 3.55. The van der Waals surface area contributed by atoms with Gasteiger partial charge in [0.25, 0.3) is 5.56 Å². The highest BCUT2D eigenvalue weighted by molar-refractivity contribution is 8.06. The van der Waals surface area contributed by atoms with Gasteiger partial charge in [-0.2, -0.15) is 9.37 Å². The van der Waals surface area contributed by atoms with E-state index >= 15 is 4.39 Å². The SMILES string of the molecule is Nc1nc2c(ncn2[C@]2(F)O[C@H](CO)[C@@H](OP(O)(O)=S)[C@H]2O)c(=O)[nH]1. The zero-order valence-corrected chi connectivity index (χ0v) is 13.9. The Morgan fingerprint density at radius 2 is 2.28 bits per heavy atom. The molecule has 1 aliphatic heterocycles. The molecule has 0 aromatic carbocycles. The summed E-state index contributed by atoms with van der Waals surface area (Å²) in [5, 5.41) is 19.6. The number of aliphatic hydroxyl groups excluding tert-OH is 2. The van der Waals surface area contributed by atoms with Gasteiger partial charge >= 0.3 is 12.7 Å². The van der Waals surface area contributed by atoms with Gasteiger partial charge in [0.1, 0.15) is 18.5 Å². The summed E-state index contributed by atoms with van der Waals surface area (Å²) in [6.45, 7) is -5.13. The van der Waals surface area contributed by atoms with Crippen molar-refractivity contribution in [2.45, 2.75) is 24.3 Å². The number of imidazole rings is 1. The fraction of sp³-hybridized carbons (Fsp3) is 0.500. The Kier molecular flexibility index (Phi) is 4.41. The minimum atomic E-state index is -4.30. The highest BCUT2D eigenvalue weighted by atomic mass is 32.5. The van der Waals surface area contributed by atoms with Crippen molar-refractivity contribution in [1.82, 2.24) is 19.5 Å². The Morgan fingerprint density at radius 3 is 2.88 bits per heavy atom. The number of nitrogens with two attached hydrogens (primary N) is 1. The molecule has 12 nitrogen and oxygen atoms in total. The van der Waals surface area contributed by atoms with Crippen LogP contribution in [-0.2, 0) is 27.0 Å². The van der Waals surface area contributed by atoms with Crippen LogP contribution in [0.2, 0.25) is 0 Å². The van der Waals surface area contributed by atoms with E-state index in [4.69, 9.17) is 10.5 Å². The van der Waals surface area contributed by atoms with Crippen molar-refractivity contribution in [3.63, 3.8) is 0 Å². The number of hydrogen-bond acceptors (Lipinski definition) is 9. The summed E-state index contributed by atoms with van der Waals surface area (Å²) in [6.07, 6.45) is -4.52. The molecule has 15 heteroatoms. The van der Waals surface area contributed by atoms with Gasteiger partial charge in [0, 0.05) is 0 Å². The molecule has 1 fully saturated rings. The van der Waals surface area contributed by atoms with Gasteiger partial charge < -0.3 is 30.5 Å². The second-order valence-corrected chi connectivity index (χ2v) is 7.81. The van der Waals surface area contributed by atoms with E-state index in [2.05, 4.69) is 31.3 Å². The lowest BCUT2D eigenvalue weighted by Gasteiger charge is -2.25. The minimum absolute atomic E-state index is 0.277. The summed E-state index contributed by atoms with van der Waals surface area (Å²) in [7, 11) is 0. The standard InChI is InChI=1S/C10H13FN5O7PS/c11-10(6(18)5(3(1-17)22-10)23-24(20,21)25)16-2-13-4-7(16)14-9(12)15-8(4)19/h2-3,5-6,17-18H,1H2,(H2,20,21,25)(H3,12,14,15,19)/t3-,5-,6-,10+/m1/s1. The molecular weight excluding hydrogens is 384 g/mol. The molecule has 1 aliphatic rings. The van der Waals surface area contributed by atoms with E-state index in [1.807, 2.05) is 0 Å². The molecule has 3 heterocycles. The summed E-state index contributed by atoms with van der Waals surface area (Å²) in [4.78, 5) is 39.9. The topological polar surface area (TPSA) is 189 Å². The zero-order valence-electron chi connectivity index (χ0n) is 12.2. The summed E-state index contributed by atoms with van der Waals surface area (Å²) in [6, 6.07) is 0.